The van der Waals surface area contributed by atoms with Gasteiger partial charge in [-0.15, -0.1) is 0 Å². The molecule has 126 valence electrons. The van der Waals surface area contributed by atoms with Crippen molar-refractivity contribution in [3.05, 3.63) is 70.8 Å². The number of carbonyl (C=O) groups excluding carboxylic acids is 1. The number of ether oxygens (including phenoxy) is 1. The van der Waals surface area contributed by atoms with Gasteiger partial charge in [0.15, 0.2) is 0 Å². The van der Waals surface area contributed by atoms with Crippen molar-refractivity contribution < 1.29 is 18.3 Å². The zero-order valence-corrected chi connectivity index (χ0v) is 13.6. The van der Waals surface area contributed by atoms with Gasteiger partial charge >= 0.3 is 0 Å². The highest BCUT2D eigenvalue weighted by Crippen LogP contribution is 2.34. The quantitative estimate of drug-likeness (QED) is 0.931. The van der Waals surface area contributed by atoms with Crippen LogP contribution >= 0.6 is 0 Å². The van der Waals surface area contributed by atoms with E-state index in [1.807, 2.05) is 24.3 Å². The summed E-state index contributed by atoms with van der Waals surface area (Å²) in [5.41, 5.74) is 2.37. The van der Waals surface area contributed by atoms with Gasteiger partial charge in [-0.25, -0.2) is 8.78 Å². The van der Waals surface area contributed by atoms with E-state index in [4.69, 9.17) is 4.74 Å². The first-order valence-corrected chi connectivity index (χ1v) is 7.87. The normalized spacial score (nSPS) is 20.5. The molecule has 0 saturated heterocycles. The van der Waals surface area contributed by atoms with Crippen LogP contribution in [0.15, 0.2) is 42.5 Å². The van der Waals surface area contributed by atoms with Crippen molar-refractivity contribution >= 4 is 5.91 Å². The van der Waals surface area contributed by atoms with Crippen molar-refractivity contribution in [1.29, 1.82) is 0 Å². The molecule has 3 rings (SSSR count). The van der Waals surface area contributed by atoms with Crippen LogP contribution in [0.1, 0.15) is 35.6 Å². The monoisotopic (exact) mass is 331 g/mol. The van der Waals surface area contributed by atoms with Crippen LogP contribution in [0.4, 0.5) is 8.78 Å². The van der Waals surface area contributed by atoms with E-state index in [9.17, 15) is 13.6 Å². The van der Waals surface area contributed by atoms with E-state index in [1.165, 1.54) is 6.07 Å². The third-order valence-electron chi connectivity index (χ3n) is 4.57. The third kappa shape index (κ3) is 3.04. The fourth-order valence-corrected chi connectivity index (χ4v) is 3.28. The molecule has 0 spiro atoms. The van der Waals surface area contributed by atoms with Crippen LogP contribution in [0, 0.1) is 11.6 Å². The second-order valence-electron chi connectivity index (χ2n) is 6.06. The first kappa shape index (κ1) is 16.6. The summed E-state index contributed by atoms with van der Waals surface area (Å²) in [6.07, 6.45) is 0.439. The Morgan fingerprint density at radius 3 is 2.71 bits per heavy atom. The average Bonchev–Trinajstić information content (AvgIpc) is 2.91. The topological polar surface area (TPSA) is 38.3 Å². The van der Waals surface area contributed by atoms with Gasteiger partial charge in [0.1, 0.15) is 17.7 Å². The molecule has 0 fully saturated rings. The molecular formula is C19H19F2NO2. The molecular weight excluding hydrogens is 312 g/mol. The predicted molar refractivity (Wildman–Crippen MR) is 86.6 cm³/mol. The first-order valence-electron chi connectivity index (χ1n) is 7.87. The highest BCUT2D eigenvalue weighted by molar-refractivity contribution is 5.83. The number of methoxy groups -OCH3 is 1. The summed E-state index contributed by atoms with van der Waals surface area (Å²) in [6, 6.07) is 10.9. The van der Waals surface area contributed by atoms with E-state index in [2.05, 4.69) is 5.32 Å². The number of benzene rings is 2. The van der Waals surface area contributed by atoms with Crippen LogP contribution in [0.3, 0.4) is 0 Å². The number of rotatable bonds is 4. The summed E-state index contributed by atoms with van der Waals surface area (Å²) >= 11 is 0. The molecule has 0 aliphatic heterocycles. The molecule has 2 aromatic rings. The predicted octanol–water partition coefficient (Wildman–Crippen LogP) is 3.50. The molecule has 3 nitrogen and oxygen atoms in total. The Morgan fingerprint density at radius 2 is 2.00 bits per heavy atom. The number of fused-ring (bicyclic) bond motifs is 1. The Morgan fingerprint density at radius 1 is 1.25 bits per heavy atom. The molecule has 24 heavy (non-hydrogen) atoms. The van der Waals surface area contributed by atoms with E-state index in [-0.39, 0.29) is 23.6 Å². The highest BCUT2D eigenvalue weighted by Gasteiger charge is 2.34. The minimum Gasteiger partial charge on any atom is -0.375 e. The van der Waals surface area contributed by atoms with Gasteiger partial charge in [0.2, 0.25) is 5.91 Å². The molecule has 0 bridgehead atoms. The summed E-state index contributed by atoms with van der Waals surface area (Å²) in [5, 5.41) is 2.94. The number of hydrogen-bond donors (Lipinski definition) is 1. The van der Waals surface area contributed by atoms with Gasteiger partial charge < -0.3 is 10.1 Å². The maximum absolute atomic E-state index is 13.9. The fourth-order valence-electron chi connectivity index (χ4n) is 3.28. The molecule has 1 amide bonds. The van der Waals surface area contributed by atoms with Gasteiger partial charge in [0.25, 0.3) is 0 Å². The number of hydrogen-bond acceptors (Lipinski definition) is 2. The second kappa shape index (κ2) is 6.69. The Hall–Kier alpha value is -2.27. The minimum atomic E-state index is -0.716. The molecule has 1 N–H and O–H groups in total. The highest BCUT2D eigenvalue weighted by atomic mass is 19.1. The Bertz CT molecular complexity index is 763. The molecule has 1 aliphatic rings. The summed E-state index contributed by atoms with van der Waals surface area (Å²) in [6.45, 7) is 1.61. The third-order valence-corrected chi connectivity index (χ3v) is 4.57. The van der Waals surface area contributed by atoms with E-state index >= 15 is 0 Å². The Kier molecular flexibility index (Phi) is 4.62. The summed E-state index contributed by atoms with van der Waals surface area (Å²) in [4.78, 5) is 12.5. The van der Waals surface area contributed by atoms with Crippen LogP contribution in [-0.4, -0.2) is 19.1 Å². The van der Waals surface area contributed by atoms with E-state index in [0.29, 0.717) is 6.42 Å². The molecule has 0 saturated carbocycles. The van der Waals surface area contributed by atoms with Crippen LogP contribution in [0.5, 0.6) is 0 Å². The van der Waals surface area contributed by atoms with Crippen molar-refractivity contribution in [3.8, 4) is 0 Å². The lowest BCUT2D eigenvalue weighted by molar-refractivity contribution is -0.123. The van der Waals surface area contributed by atoms with Gasteiger partial charge in [0, 0.05) is 18.7 Å². The van der Waals surface area contributed by atoms with Crippen LogP contribution in [0.25, 0.3) is 0 Å². The second-order valence-corrected chi connectivity index (χ2v) is 6.06. The molecule has 1 aliphatic carbocycles. The zero-order valence-electron chi connectivity index (χ0n) is 13.6. The minimum absolute atomic E-state index is 0.179. The molecule has 2 aromatic carbocycles. The lowest BCUT2D eigenvalue weighted by atomic mass is 9.99. The smallest absolute Gasteiger partial charge is 0.227 e. The largest absolute Gasteiger partial charge is 0.375 e. The molecule has 5 heteroatoms. The number of carbonyl (C=O) groups is 1. The zero-order chi connectivity index (χ0) is 17.3. The van der Waals surface area contributed by atoms with E-state index in [0.717, 1.165) is 23.3 Å². The summed E-state index contributed by atoms with van der Waals surface area (Å²) in [5.74, 6) is -2.39. The molecule has 0 unspecified atom stereocenters. The van der Waals surface area contributed by atoms with Crippen LogP contribution in [-0.2, 0) is 16.0 Å². The Balaban J connectivity index is 1.75. The Labute approximate surface area is 139 Å². The lowest BCUT2D eigenvalue weighted by Gasteiger charge is -2.22. The number of nitrogens with one attached hydrogen (secondary N) is 1. The van der Waals surface area contributed by atoms with Crippen molar-refractivity contribution in [2.45, 2.75) is 31.4 Å². The molecule has 0 heterocycles. The maximum atomic E-state index is 13.9. The fraction of sp³-hybridized carbons (Fsp3) is 0.316. The van der Waals surface area contributed by atoms with Gasteiger partial charge in [0.05, 0.1) is 12.0 Å². The van der Waals surface area contributed by atoms with Crippen LogP contribution in [0.2, 0.25) is 0 Å². The van der Waals surface area contributed by atoms with Crippen molar-refractivity contribution in [2.24, 2.45) is 0 Å². The van der Waals surface area contributed by atoms with Crippen LogP contribution < -0.4 is 5.32 Å². The lowest BCUT2D eigenvalue weighted by Crippen LogP contribution is -2.40. The first-order chi connectivity index (χ1) is 11.5. The van der Waals surface area contributed by atoms with Gasteiger partial charge in [-0.2, -0.15) is 0 Å². The average molecular weight is 331 g/mol. The van der Waals surface area contributed by atoms with E-state index in [1.54, 1.807) is 14.0 Å². The molecule has 0 radical (unpaired) electrons. The van der Waals surface area contributed by atoms with Crippen molar-refractivity contribution in [3.63, 3.8) is 0 Å². The number of halogens is 2. The van der Waals surface area contributed by atoms with Gasteiger partial charge in [-0.3, -0.25) is 4.79 Å². The SMILES string of the molecule is CO[C@@H]1c2ccccc2C[C@H]1NC(=O)[C@@H](C)c1ccc(F)cc1F. The van der Waals surface area contributed by atoms with E-state index < -0.39 is 17.6 Å². The maximum Gasteiger partial charge on any atom is 0.227 e. The molecule has 0 aromatic heterocycles. The molecule has 3 atom stereocenters. The van der Waals surface area contributed by atoms with Crippen molar-refractivity contribution in [1.82, 2.24) is 5.32 Å². The summed E-state index contributed by atoms with van der Waals surface area (Å²) < 4.78 is 32.5. The van der Waals surface area contributed by atoms with Crippen molar-refractivity contribution in [2.75, 3.05) is 7.11 Å². The summed E-state index contributed by atoms with van der Waals surface area (Å²) in [7, 11) is 1.61. The van der Waals surface area contributed by atoms with Gasteiger partial charge in [-0.1, -0.05) is 30.3 Å². The number of amides is 1. The standard InChI is InChI=1S/C19H19F2NO2/c1-11(14-8-7-13(20)10-16(14)21)19(23)22-17-9-12-5-3-4-6-15(12)18(17)24-2/h3-8,10-11,17-18H,9H2,1-2H3,(H,22,23)/t11-,17+,18+/m0/s1. The van der Waals surface area contributed by atoms with Gasteiger partial charge in [-0.05, 0) is 30.5 Å².